The quantitative estimate of drug-likeness (QED) is 0.733. The van der Waals surface area contributed by atoms with Crippen molar-refractivity contribution in [1.82, 2.24) is 5.32 Å². The number of carboxylic acids is 1. The third-order valence-electron chi connectivity index (χ3n) is 1.98. The molecule has 0 atom stereocenters. The molecule has 1 rings (SSSR count). The van der Waals surface area contributed by atoms with Crippen LogP contribution in [0.4, 0.5) is 5.69 Å². The van der Waals surface area contributed by atoms with E-state index >= 15 is 0 Å². The van der Waals surface area contributed by atoms with Crippen LogP contribution in [0.2, 0.25) is 5.02 Å². The van der Waals surface area contributed by atoms with Crippen molar-refractivity contribution in [1.29, 1.82) is 5.26 Å². The zero-order valence-corrected chi connectivity index (χ0v) is 9.99. The van der Waals surface area contributed by atoms with Crippen LogP contribution in [-0.4, -0.2) is 30.1 Å². The lowest BCUT2D eigenvalue weighted by Gasteiger charge is -2.08. The van der Waals surface area contributed by atoms with Crippen molar-refractivity contribution in [2.75, 3.05) is 18.4 Å². The number of nitriles is 1. The number of carbonyl (C=O) groups excluding carboxylic acids is 1. The second kappa shape index (κ2) is 6.47. The normalized spacial score (nSPS) is 9.33. The Morgan fingerprint density at radius 1 is 1.39 bits per heavy atom. The van der Waals surface area contributed by atoms with Gasteiger partial charge in [-0.1, -0.05) is 11.6 Å². The molecular weight excluding hydrogens is 258 g/mol. The van der Waals surface area contributed by atoms with Crippen molar-refractivity contribution in [3.05, 3.63) is 28.8 Å². The Labute approximate surface area is 108 Å². The van der Waals surface area contributed by atoms with Gasteiger partial charge in [-0.2, -0.15) is 5.26 Å². The number of nitrogens with zero attached hydrogens (tertiary/aromatic N) is 1. The van der Waals surface area contributed by atoms with Gasteiger partial charge in [0.05, 0.1) is 17.8 Å². The summed E-state index contributed by atoms with van der Waals surface area (Å²) in [6, 6.07) is 6.56. The Morgan fingerprint density at radius 3 is 2.72 bits per heavy atom. The number of benzene rings is 1. The zero-order chi connectivity index (χ0) is 13.5. The molecule has 0 heterocycles. The summed E-state index contributed by atoms with van der Waals surface area (Å²) in [6.45, 7) is -0.580. The van der Waals surface area contributed by atoms with E-state index in [1.807, 2.05) is 6.07 Å². The Bertz CT molecular complexity index is 511. The SMILES string of the molecule is N#Cc1ccc(Cl)cc1NCC(=O)NCC(=O)O. The first-order valence-corrected chi connectivity index (χ1v) is 5.32. The number of anilines is 1. The molecule has 0 fully saturated rings. The van der Waals surface area contributed by atoms with E-state index in [1.165, 1.54) is 12.1 Å². The van der Waals surface area contributed by atoms with Gasteiger partial charge in [0, 0.05) is 5.02 Å². The highest BCUT2D eigenvalue weighted by molar-refractivity contribution is 6.30. The Morgan fingerprint density at radius 2 is 2.11 bits per heavy atom. The summed E-state index contributed by atoms with van der Waals surface area (Å²) in [5.41, 5.74) is 0.779. The molecule has 1 amide bonds. The summed E-state index contributed by atoms with van der Waals surface area (Å²) in [7, 11) is 0. The maximum atomic E-state index is 11.3. The van der Waals surface area contributed by atoms with Gasteiger partial charge in [0.25, 0.3) is 0 Å². The number of aliphatic carboxylic acids is 1. The topological polar surface area (TPSA) is 102 Å². The predicted octanol–water partition coefficient (Wildman–Crippen LogP) is 0.824. The highest BCUT2D eigenvalue weighted by Gasteiger charge is 2.06. The molecule has 0 aliphatic heterocycles. The molecule has 7 heteroatoms. The lowest BCUT2D eigenvalue weighted by molar-refractivity contribution is -0.137. The van der Waals surface area contributed by atoms with Crippen LogP contribution in [0.3, 0.4) is 0 Å². The van der Waals surface area contributed by atoms with Crippen LogP contribution in [0.5, 0.6) is 0 Å². The fourth-order valence-corrected chi connectivity index (χ4v) is 1.34. The predicted molar refractivity (Wildman–Crippen MR) is 65.3 cm³/mol. The molecule has 6 nitrogen and oxygen atoms in total. The molecule has 0 spiro atoms. The second-order valence-corrected chi connectivity index (χ2v) is 3.76. The first kappa shape index (κ1) is 13.8. The van der Waals surface area contributed by atoms with E-state index in [0.717, 1.165) is 0 Å². The fraction of sp³-hybridized carbons (Fsp3) is 0.182. The van der Waals surface area contributed by atoms with Gasteiger partial charge in [-0.05, 0) is 18.2 Å². The van der Waals surface area contributed by atoms with E-state index in [4.69, 9.17) is 22.0 Å². The van der Waals surface area contributed by atoms with Crippen molar-refractivity contribution < 1.29 is 14.7 Å². The maximum Gasteiger partial charge on any atom is 0.322 e. The minimum absolute atomic E-state index is 0.137. The first-order valence-electron chi connectivity index (χ1n) is 4.95. The molecule has 0 unspecified atom stereocenters. The molecule has 0 saturated carbocycles. The minimum Gasteiger partial charge on any atom is -0.480 e. The van der Waals surface area contributed by atoms with Crippen molar-refractivity contribution in [3.63, 3.8) is 0 Å². The van der Waals surface area contributed by atoms with E-state index < -0.39 is 18.4 Å². The van der Waals surface area contributed by atoms with Gasteiger partial charge >= 0.3 is 5.97 Å². The molecule has 1 aromatic rings. The number of halogens is 1. The van der Waals surface area contributed by atoms with Crippen LogP contribution in [0.15, 0.2) is 18.2 Å². The van der Waals surface area contributed by atoms with Gasteiger partial charge in [-0.3, -0.25) is 9.59 Å². The molecule has 0 aromatic heterocycles. The second-order valence-electron chi connectivity index (χ2n) is 3.33. The van der Waals surface area contributed by atoms with E-state index in [9.17, 15) is 9.59 Å². The Hall–Kier alpha value is -2.26. The smallest absolute Gasteiger partial charge is 0.322 e. The standard InChI is InChI=1S/C11H10ClN3O3/c12-8-2-1-7(4-13)9(3-8)14-5-10(16)15-6-11(17)18/h1-3,14H,5-6H2,(H,15,16)(H,17,18). The van der Waals surface area contributed by atoms with Crippen molar-refractivity contribution in [2.45, 2.75) is 0 Å². The minimum atomic E-state index is -1.12. The van der Waals surface area contributed by atoms with E-state index in [-0.39, 0.29) is 6.54 Å². The van der Waals surface area contributed by atoms with Gasteiger partial charge in [-0.15, -0.1) is 0 Å². The lowest BCUT2D eigenvalue weighted by Crippen LogP contribution is -2.33. The Balaban J connectivity index is 2.58. The van der Waals surface area contributed by atoms with Crippen LogP contribution < -0.4 is 10.6 Å². The molecule has 18 heavy (non-hydrogen) atoms. The molecule has 0 bridgehead atoms. The first-order chi connectivity index (χ1) is 8.52. The van der Waals surface area contributed by atoms with Crippen LogP contribution in [0.25, 0.3) is 0 Å². The van der Waals surface area contributed by atoms with Crippen molar-refractivity contribution >= 4 is 29.2 Å². The van der Waals surface area contributed by atoms with Gasteiger partial charge in [0.2, 0.25) is 5.91 Å². The van der Waals surface area contributed by atoms with Gasteiger partial charge < -0.3 is 15.7 Å². The average molecular weight is 268 g/mol. The van der Waals surface area contributed by atoms with E-state index in [1.54, 1.807) is 6.07 Å². The summed E-state index contributed by atoms with van der Waals surface area (Å²) >= 11 is 5.76. The average Bonchev–Trinajstić information content (AvgIpc) is 2.34. The number of carbonyl (C=O) groups is 2. The Kier molecular flexibility index (Phi) is 4.96. The maximum absolute atomic E-state index is 11.3. The van der Waals surface area contributed by atoms with Crippen molar-refractivity contribution in [3.8, 4) is 6.07 Å². The number of carboxylic acid groups (broad SMARTS) is 1. The number of hydrogen-bond donors (Lipinski definition) is 3. The largest absolute Gasteiger partial charge is 0.480 e. The zero-order valence-electron chi connectivity index (χ0n) is 9.24. The van der Waals surface area contributed by atoms with Crippen LogP contribution in [0, 0.1) is 11.3 Å². The third-order valence-corrected chi connectivity index (χ3v) is 2.21. The number of amides is 1. The van der Waals surface area contributed by atoms with Crippen LogP contribution in [-0.2, 0) is 9.59 Å². The summed E-state index contributed by atoms with van der Waals surface area (Å²) in [5.74, 6) is -1.61. The van der Waals surface area contributed by atoms with Crippen molar-refractivity contribution in [2.24, 2.45) is 0 Å². The van der Waals surface area contributed by atoms with E-state index in [2.05, 4.69) is 10.6 Å². The molecule has 3 N–H and O–H groups in total. The molecule has 1 aromatic carbocycles. The molecule has 0 saturated heterocycles. The van der Waals surface area contributed by atoms with Gasteiger partial charge in [-0.25, -0.2) is 0 Å². The molecule has 94 valence electrons. The fourth-order valence-electron chi connectivity index (χ4n) is 1.17. The summed E-state index contributed by atoms with van der Waals surface area (Å²) in [4.78, 5) is 21.5. The molecule has 0 aliphatic carbocycles. The molecule has 0 radical (unpaired) electrons. The van der Waals surface area contributed by atoms with Crippen LogP contribution in [0.1, 0.15) is 5.56 Å². The summed E-state index contributed by atoms with van der Waals surface area (Å²) in [5, 5.41) is 22.5. The number of rotatable bonds is 5. The number of hydrogen-bond acceptors (Lipinski definition) is 4. The monoisotopic (exact) mass is 267 g/mol. The van der Waals surface area contributed by atoms with E-state index in [0.29, 0.717) is 16.3 Å². The molecular formula is C11H10ClN3O3. The van der Waals surface area contributed by atoms with Crippen LogP contribution >= 0.6 is 11.6 Å². The van der Waals surface area contributed by atoms with Gasteiger partial charge in [0.15, 0.2) is 0 Å². The summed E-state index contributed by atoms with van der Waals surface area (Å²) < 4.78 is 0. The molecule has 0 aliphatic rings. The lowest BCUT2D eigenvalue weighted by atomic mass is 10.2. The highest BCUT2D eigenvalue weighted by Crippen LogP contribution is 2.19. The van der Waals surface area contributed by atoms with Gasteiger partial charge in [0.1, 0.15) is 12.6 Å². The summed E-state index contributed by atoms with van der Waals surface area (Å²) in [6.07, 6.45) is 0. The number of nitrogens with one attached hydrogen (secondary N) is 2. The third kappa shape index (κ3) is 4.31. The highest BCUT2D eigenvalue weighted by atomic mass is 35.5.